The van der Waals surface area contributed by atoms with Crippen molar-refractivity contribution < 1.29 is 0 Å². The molecule has 3 aromatic rings. The van der Waals surface area contributed by atoms with Crippen LogP contribution in [-0.4, -0.2) is 15.9 Å². The summed E-state index contributed by atoms with van der Waals surface area (Å²) in [5.74, 6) is 0. The van der Waals surface area contributed by atoms with Gasteiger partial charge >= 0.3 is 0 Å². The van der Waals surface area contributed by atoms with Gasteiger partial charge in [-0.15, -0.1) is 11.8 Å². The lowest BCUT2D eigenvalue weighted by molar-refractivity contribution is 0.950. The van der Waals surface area contributed by atoms with Crippen LogP contribution in [0, 0.1) is 0 Å². The summed E-state index contributed by atoms with van der Waals surface area (Å²) in [7, 11) is 0. The number of rotatable bonds is 4. The summed E-state index contributed by atoms with van der Waals surface area (Å²) in [6, 6.07) is 25.5. The summed E-state index contributed by atoms with van der Waals surface area (Å²) in [4.78, 5) is 4.75. The molecular formula is C21H21NS2. The fourth-order valence-electron chi connectivity index (χ4n) is 2.64. The van der Waals surface area contributed by atoms with E-state index in [-0.39, 0.29) is 0 Å². The molecule has 0 spiro atoms. The minimum Gasteiger partial charge on any atom is -0.235 e. The number of benzene rings is 3. The second-order valence-corrected chi connectivity index (χ2v) is 8.21. The molecule has 0 radical (unpaired) electrons. The van der Waals surface area contributed by atoms with Gasteiger partial charge < -0.3 is 0 Å². The molecule has 0 bridgehead atoms. The molecule has 3 aromatic carbocycles. The molecule has 3 rings (SSSR count). The lowest BCUT2D eigenvalue weighted by Gasteiger charge is -2.12. The highest BCUT2D eigenvalue weighted by Crippen LogP contribution is 2.27. The van der Waals surface area contributed by atoms with Gasteiger partial charge in [-0.05, 0) is 41.1 Å². The summed E-state index contributed by atoms with van der Waals surface area (Å²) in [6.07, 6.45) is 3.14. The maximum absolute atomic E-state index is 4.75. The molecule has 1 atom stereocenters. The lowest BCUT2D eigenvalue weighted by Crippen LogP contribution is -2.04. The summed E-state index contributed by atoms with van der Waals surface area (Å²) >= 11 is 3.57. The van der Waals surface area contributed by atoms with Crippen LogP contribution in [-0.2, 0) is 6.42 Å². The third kappa shape index (κ3) is 4.65. The molecule has 1 nitrogen and oxygen atoms in total. The van der Waals surface area contributed by atoms with Crippen molar-refractivity contribution in [2.75, 3.05) is 6.26 Å². The monoisotopic (exact) mass is 351 g/mol. The first-order valence-corrected chi connectivity index (χ1v) is 10.2. The number of thioether (sulfide) groups is 2. The Labute approximate surface area is 152 Å². The summed E-state index contributed by atoms with van der Waals surface area (Å²) < 4.78 is 1.12. The van der Waals surface area contributed by atoms with E-state index in [0.29, 0.717) is 5.25 Å². The van der Waals surface area contributed by atoms with Gasteiger partial charge in [-0.25, -0.2) is 4.99 Å². The minimum atomic E-state index is 0.487. The maximum Gasteiger partial charge on any atom is 0.130 e. The number of nitrogens with zero attached hydrogens (tertiary/aromatic N) is 1. The highest BCUT2D eigenvalue weighted by atomic mass is 32.2. The molecule has 0 amide bonds. The molecule has 0 saturated heterocycles. The van der Waals surface area contributed by atoms with Crippen molar-refractivity contribution in [3.05, 3.63) is 78.4 Å². The van der Waals surface area contributed by atoms with Crippen LogP contribution in [0.2, 0.25) is 0 Å². The van der Waals surface area contributed by atoms with Gasteiger partial charge in [-0.1, -0.05) is 79.3 Å². The summed E-state index contributed by atoms with van der Waals surface area (Å²) in [5, 5.41) is 3.10. The van der Waals surface area contributed by atoms with Crippen LogP contribution in [0.5, 0.6) is 0 Å². The van der Waals surface area contributed by atoms with E-state index in [1.165, 1.54) is 16.3 Å². The van der Waals surface area contributed by atoms with E-state index in [1.807, 2.05) is 42.1 Å². The smallest absolute Gasteiger partial charge is 0.130 e. The van der Waals surface area contributed by atoms with E-state index in [9.17, 15) is 0 Å². The van der Waals surface area contributed by atoms with E-state index >= 15 is 0 Å². The van der Waals surface area contributed by atoms with Gasteiger partial charge in [0.2, 0.25) is 0 Å². The molecule has 24 heavy (non-hydrogen) atoms. The number of aliphatic imine (C=N–C) groups is 1. The van der Waals surface area contributed by atoms with E-state index in [2.05, 4.69) is 55.6 Å². The van der Waals surface area contributed by atoms with Gasteiger partial charge in [0.15, 0.2) is 0 Å². The Hall–Kier alpha value is -1.71. The molecule has 0 N–H and O–H groups in total. The largest absolute Gasteiger partial charge is 0.235 e. The standard InChI is InChI=1S/C21H21NS2/c1-16(24-21(23-2)22-20-10-4-3-5-11-20)14-17-12-13-18-8-6-7-9-19(18)15-17/h3-13,15-16H,14H2,1-2H3. The predicted octanol–water partition coefficient (Wildman–Crippen LogP) is 6.55. The van der Waals surface area contributed by atoms with Crippen LogP contribution in [0.15, 0.2) is 77.8 Å². The van der Waals surface area contributed by atoms with Crippen molar-refractivity contribution in [3.63, 3.8) is 0 Å². The summed E-state index contributed by atoms with van der Waals surface area (Å²) in [5.41, 5.74) is 2.40. The molecule has 0 saturated carbocycles. The van der Waals surface area contributed by atoms with Crippen LogP contribution in [0.1, 0.15) is 12.5 Å². The topological polar surface area (TPSA) is 12.4 Å². The Morgan fingerprint density at radius 2 is 1.62 bits per heavy atom. The first-order valence-electron chi connectivity index (χ1n) is 8.06. The van der Waals surface area contributed by atoms with Crippen molar-refractivity contribution >= 4 is 44.4 Å². The second kappa shape index (κ2) is 8.41. The Morgan fingerprint density at radius 1 is 0.917 bits per heavy atom. The SMILES string of the molecule is CSC(=Nc1ccccc1)SC(C)Cc1ccc2ccccc2c1. The number of fused-ring (bicyclic) bond motifs is 1. The van der Waals surface area contributed by atoms with E-state index in [4.69, 9.17) is 4.99 Å². The van der Waals surface area contributed by atoms with Crippen molar-refractivity contribution in [3.8, 4) is 0 Å². The Balaban J connectivity index is 1.69. The van der Waals surface area contributed by atoms with Crippen LogP contribution in [0.4, 0.5) is 5.69 Å². The van der Waals surface area contributed by atoms with Gasteiger partial charge in [0, 0.05) is 5.25 Å². The highest BCUT2D eigenvalue weighted by Gasteiger charge is 2.09. The quantitative estimate of drug-likeness (QED) is 0.390. The van der Waals surface area contributed by atoms with E-state index in [1.54, 1.807) is 11.8 Å². The molecule has 3 heteroatoms. The zero-order valence-electron chi connectivity index (χ0n) is 14.0. The van der Waals surface area contributed by atoms with Gasteiger partial charge in [-0.2, -0.15) is 0 Å². The molecule has 0 aromatic heterocycles. The zero-order valence-corrected chi connectivity index (χ0v) is 15.6. The number of hydrogen-bond donors (Lipinski definition) is 0. The second-order valence-electron chi connectivity index (χ2n) is 5.73. The Kier molecular flexibility index (Phi) is 6.00. The summed E-state index contributed by atoms with van der Waals surface area (Å²) in [6.45, 7) is 2.27. The van der Waals surface area contributed by atoms with Gasteiger partial charge in [0.1, 0.15) is 4.38 Å². The molecule has 0 aliphatic rings. The normalized spacial score (nSPS) is 13.2. The minimum absolute atomic E-state index is 0.487. The molecule has 0 aliphatic heterocycles. The molecular weight excluding hydrogens is 330 g/mol. The van der Waals surface area contributed by atoms with Crippen LogP contribution in [0.3, 0.4) is 0 Å². The lowest BCUT2D eigenvalue weighted by atomic mass is 10.0. The van der Waals surface area contributed by atoms with Crippen LogP contribution in [0.25, 0.3) is 10.8 Å². The number of para-hydroxylation sites is 1. The molecule has 0 aliphatic carbocycles. The average Bonchev–Trinajstić information content (AvgIpc) is 2.62. The third-order valence-corrected chi connectivity index (χ3v) is 5.88. The predicted molar refractivity (Wildman–Crippen MR) is 112 cm³/mol. The van der Waals surface area contributed by atoms with E-state index in [0.717, 1.165) is 16.5 Å². The molecule has 0 heterocycles. The van der Waals surface area contributed by atoms with Crippen molar-refractivity contribution in [1.29, 1.82) is 0 Å². The van der Waals surface area contributed by atoms with Crippen LogP contribution < -0.4 is 0 Å². The molecule has 122 valence electrons. The van der Waals surface area contributed by atoms with Gasteiger partial charge in [-0.3, -0.25) is 0 Å². The zero-order chi connectivity index (χ0) is 16.8. The van der Waals surface area contributed by atoms with Crippen LogP contribution >= 0.6 is 23.5 Å². The van der Waals surface area contributed by atoms with Crippen molar-refractivity contribution in [1.82, 2.24) is 0 Å². The van der Waals surface area contributed by atoms with Crippen molar-refractivity contribution in [2.45, 2.75) is 18.6 Å². The molecule has 0 fully saturated rings. The fraction of sp³-hybridized carbons (Fsp3) is 0.190. The molecule has 1 unspecified atom stereocenters. The third-order valence-electron chi connectivity index (χ3n) is 3.79. The average molecular weight is 352 g/mol. The fourth-order valence-corrected chi connectivity index (χ4v) is 4.49. The van der Waals surface area contributed by atoms with Gasteiger partial charge in [0.25, 0.3) is 0 Å². The van der Waals surface area contributed by atoms with Gasteiger partial charge in [0.05, 0.1) is 5.69 Å². The first-order chi connectivity index (χ1) is 11.7. The first kappa shape index (κ1) is 17.1. The van der Waals surface area contributed by atoms with E-state index < -0.39 is 0 Å². The Bertz CT molecular complexity index is 827. The maximum atomic E-state index is 4.75. The highest BCUT2D eigenvalue weighted by molar-refractivity contribution is 8.38. The number of hydrogen-bond acceptors (Lipinski definition) is 3. The van der Waals surface area contributed by atoms with Crippen molar-refractivity contribution in [2.24, 2.45) is 4.99 Å². The Morgan fingerprint density at radius 3 is 2.38 bits per heavy atom.